The van der Waals surface area contributed by atoms with E-state index < -0.39 is 16.6 Å². The van der Waals surface area contributed by atoms with Crippen LogP contribution in [0, 0.1) is 0 Å². The van der Waals surface area contributed by atoms with Crippen molar-refractivity contribution in [3.8, 4) is 0 Å². The van der Waals surface area contributed by atoms with E-state index in [1.807, 2.05) is 0 Å². The molecule has 0 aromatic heterocycles. The number of unbranched alkanes of at least 4 members (excludes halogenated alkanes) is 2. The van der Waals surface area contributed by atoms with Gasteiger partial charge in [-0.15, -0.1) is 0 Å². The SMILES string of the molecule is CCCCCC([Si](CC)(CC)OCCC)[Si](CC)(CC)OCCC. The summed E-state index contributed by atoms with van der Waals surface area (Å²) in [6, 6.07) is 5.02. The molecule has 0 saturated heterocycles. The summed E-state index contributed by atoms with van der Waals surface area (Å²) < 4.78 is 13.5. The summed E-state index contributed by atoms with van der Waals surface area (Å²) in [5.74, 6) is 0. The summed E-state index contributed by atoms with van der Waals surface area (Å²) in [7, 11) is -3.47. The fraction of sp³-hybridized carbons (Fsp3) is 1.00. The molecule has 0 N–H and O–H groups in total. The van der Waals surface area contributed by atoms with Gasteiger partial charge in [-0.05, 0) is 42.2 Å². The highest BCUT2D eigenvalue weighted by Gasteiger charge is 2.52. The molecule has 146 valence electrons. The lowest BCUT2D eigenvalue weighted by molar-refractivity contribution is 0.270. The van der Waals surface area contributed by atoms with E-state index in [1.165, 1.54) is 49.9 Å². The van der Waals surface area contributed by atoms with E-state index in [0.717, 1.165) is 31.2 Å². The van der Waals surface area contributed by atoms with Gasteiger partial charge in [0.05, 0.1) is 0 Å². The molecular weight excluding hydrogens is 328 g/mol. The first-order valence-corrected chi connectivity index (χ1v) is 15.6. The van der Waals surface area contributed by atoms with Crippen molar-refractivity contribution < 1.29 is 8.85 Å². The molecule has 0 radical (unpaired) electrons. The van der Waals surface area contributed by atoms with Crippen LogP contribution >= 0.6 is 0 Å². The molecule has 0 amide bonds. The molecule has 0 spiro atoms. The summed E-state index contributed by atoms with van der Waals surface area (Å²) in [4.78, 5) is 0. The average molecular weight is 375 g/mol. The third-order valence-electron chi connectivity index (χ3n) is 5.95. The Labute approximate surface area is 155 Å². The normalized spacial score (nSPS) is 13.0. The fourth-order valence-electron chi connectivity index (χ4n) is 4.31. The van der Waals surface area contributed by atoms with Crippen molar-refractivity contribution in [2.45, 2.75) is 116 Å². The Morgan fingerprint density at radius 1 is 0.583 bits per heavy atom. The molecule has 0 atom stereocenters. The first kappa shape index (κ1) is 24.4. The van der Waals surface area contributed by atoms with Crippen LogP contribution in [0.15, 0.2) is 0 Å². The monoisotopic (exact) mass is 374 g/mol. The number of rotatable bonds is 16. The van der Waals surface area contributed by atoms with E-state index in [9.17, 15) is 0 Å². The van der Waals surface area contributed by atoms with Crippen molar-refractivity contribution in [1.82, 2.24) is 0 Å². The zero-order valence-electron chi connectivity index (χ0n) is 17.9. The van der Waals surface area contributed by atoms with Crippen molar-refractivity contribution in [3.05, 3.63) is 0 Å². The van der Waals surface area contributed by atoms with Crippen molar-refractivity contribution in [1.29, 1.82) is 0 Å². The van der Waals surface area contributed by atoms with Gasteiger partial charge in [0, 0.05) is 13.2 Å². The minimum Gasteiger partial charge on any atom is -0.417 e. The van der Waals surface area contributed by atoms with Crippen LogP contribution in [0.5, 0.6) is 0 Å². The summed E-state index contributed by atoms with van der Waals surface area (Å²) in [6.07, 6.45) is 7.64. The Morgan fingerprint density at radius 2 is 1.00 bits per heavy atom. The molecule has 0 aromatic carbocycles. The van der Waals surface area contributed by atoms with E-state index in [-0.39, 0.29) is 0 Å². The molecule has 0 aromatic rings. The summed E-state index contributed by atoms with van der Waals surface area (Å²) in [5.41, 5.74) is 0. The molecular formula is C20H46O2Si2. The van der Waals surface area contributed by atoms with Crippen molar-refractivity contribution in [2.24, 2.45) is 0 Å². The van der Waals surface area contributed by atoms with Crippen LogP contribution in [0.1, 0.15) is 87.0 Å². The van der Waals surface area contributed by atoms with Gasteiger partial charge in [-0.2, -0.15) is 0 Å². The van der Waals surface area contributed by atoms with Gasteiger partial charge >= 0.3 is 0 Å². The summed E-state index contributed by atoms with van der Waals surface area (Å²) >= 11 is 0. The maximum absolute atomic E-state index is 6.75. The van der Waals surface area contributed by atoms with Crippen LogP contribution in [0.4, 0.5) is 0 Å². The molecule has 2 nitrogen and oxygen atoms in total. The molecule has 24 heavy (non-hydrogen) atoms. The summed E-state index contributed by atoms with van der Waals surface area (Å²) in [6.45, 7) is 18.3. The molecule has 0 bridgehead atoms. The quantitative estimate of drug-likeness (QED) is 0.208. The van der Waals surface area contributed by atoms with Crippen molar-refractivity contribution in [2.75, 3.05) is 13.2 Å². The number of hydrogen-bond donors (Lipinski definition) is 0. The Hall–Kier alpha value is 0.354. The van der Waals surface area contributed by atoms with E-state index in [4.69, 9.17) is 8.85 Å². The Balaban J connectivity index is 5.69. The molecule has 0 aliphatic carbocycles. The van der Waals surface area contributed by atoms with Crippen LogP contribution in [0.3, 0.4) is 0 Å². The average Bonchev–Trinajstić information content (AvgIpc) is 2.63. The molecule has 0 aliphatic heterocycles. The smallest absolute Gasteiger partial charge is 0.194 e. The molecule has 4 heteroatoms. The largest absolute Gasteiger partial charge is 0.417 e. The van der Waals surface area contributed by atoms with Crippen LogP contribution in [-0.4, -0.2) is 29.8 Å². The zero-order chi connectivity index (χ0) is 18.5. The maximum atomic E-state index is 6.75. The van der Waals surface area contributed by atoms with Crippen LogP contribution < -0.4 is 0 Å². The van der Waals surface area contributed by atoms with Gasteiger partial charge < -0.3 is 8.85 Å². The third-order valence-corrected chi connectivity index (χ3v) is 18.6. The minimum absolute atomic E-state index is 0.764. The highest BCUT2D eigenvalue weighted by molar-refractivity contribution is 6.94. The van der Waals surface area contributed by atoms with E-state index >= 15 is 0 Å². The highest BCUT2D eigenvalue weighted by Crippen LogP contribution is 2.45. The third kappa shape index (κ3) is 6.58. The van der Waals surface area contributed by atoms with E-state index in [1.54, 1.807) is 0 Å². The number of hydrogen-bond acceptors (Lipinski definition) is 2. The van der Waals surface area contributed by atoms with E-state index in [2.05, 4.69) is 48.5 Å². The van der Waals surface area contributed by atoms with Crippen molar-refractivity contribution in [3.63, 3.8) is 0 Å². The lowest BCUT2D eigenvalue weighted by Crippen LogP contribution is -2.57. The first-order chi connectivity index (χ1) is 11.6. The van der Waals surface area contributed by atoms with Gasteiger partial charge in [-0.3, -0.25) is 0 Å². The molecule has 0 aliphatic rings. The topological polar surface area (TPSA) is 18.5 Å². The predicted molar refractivity (Wildman–Crippen MR) is 114 cm³/mol. The standard InChI is InChI=1S/C20H46O2Si2/c1-8-15-16-17-20(23(11-4,12-5)21-18-9-2)24(13-6,14-7)22-19-10-3/h20H,8-19H2,1-7H3. The van der Waals surface area contributed by atoms with E-state index in [0.29, 0.717) is 0 Å². The predicted octanol–water partition coefficient (Wildman–Crippen LogP) is 7.30. The van der Waals surface area contributed by atoms with Crippen LogP contribution in [-0.2, 0) is 8.85 Å². The van der Waals surface area contributed by atoms with Gasteiger partial charge in [-0.25, -0.2) is 0 Å². The molecule has 0 unspecified atom stereocenters. The van der Waals surface area contributed by atoms with Gasteiger partial charge in [0.15, 0.2) is 16.6 Å². The fourth-order valence-corrected chi connectivity index (χ4v) is 18.0. The Bertz CT molecular complexity index is 265. The van der Waals surface area contributed by atoms with Crippen LogP contribution in [0.2, 0.25) is 29.3 Å². The highest BCUT2D eigenvalue weighted by atomic mass is 28.4. The van der Waals surface area contributed by atoms with Crippen molar-refractivity contribution >= 4 is 16.6 Å². The second kappa shape index (κ2) is 13.5. The van der Waals surface area contributed by atoms with Gasteiger partial charge in [0.1, 0.15) is 0 Å². The maximum Gasteiger partial charge on any atom is 0.194 e. The minimum atomic E-state index is -1.73. The molecule has 0 heterocycles. The lowest BCUT2D eigenvalue weighted by Gasteiger charge is -2.47. The first-order valence-electron chi connectivity index (χ1n) is 10.8. The van der Waals surface area contributed by atoms with Gasteiger partial charge in [0.2, 0.25) is 0 Å². The lowest BCUT2D eigenvalue weighted by atomic mass is 10.2. The molecule has 0 saturated carbocycles. The Kier molecular flexibility index (Phi) is 13.7. The summed E-state index contributed by atoms with van der Waals surface area (Å²) in [5, 5.41) is 0.764. The van der Waals surface area contributed by atoms with Gasteiger partial charge in [-0.1, -0.05) is 74.1 Å². The van der Waals surface area contributed by atoms with Crippen LogP contribution in [0.25, 0.3) is 0 Å². The second-order valence-corrected chi connectivity index (χ2v) is 16.9. The Morgan fingerprint density at radius 3 is 1.29 bits per heavy atom. The molecule has 0 rings (SSSR count). The molecule has 0 fully saturated rings. The second-order valence-electron chi connectivity index (χ2n) is 7.29. The zero-order valence-corrected chi connectivity index (χ0v) is 19.9. The van der Waals surface area contributed by atoms with Gasteiger partial charge in [0.25, 0.3) is 0 Å².